The Morgan fingerprint density at radius 1 is 1.00 bits per heavy atom. The number of aromatic hydroxyl groups is 2. The summed E-state index contributed by atoms with van der Waals surface area (Å²) in [6.45, 7) is 0. The van der Waals surface area contributed by atoms with Crippen molar-refractivity contribution in [2.24, 2.45) is 0 Å². The fourth-order valence-electron chi connectivity index (χ4n) is 3.79. The molecule has 134 valence electrons. The molecule has 2 aromatic carbocycles. The molecule has 2 aliphatic heterocycles. The van der Waals surface area contributed by atoms with Crippen molar-refractivity contribution >= 4 is 11.8 Å². The molecule has 2 heterocycles. The highest BCUT2D eigenvalue weighted by Gasteiger charge is 2.56. The number of carbonyl (C=O) groups excluding carboxylic acids is 2. The summed E-state index contributed by atoms with van der Waals surface area (Å²) in [6.07, 6.45) is 0.992. The summed E-state index contributed by atoms with van der Waals surface area (Å²) in [6, 6.07) is 9.16. The van der Waals surface area contributed by atoms with Gasteiger partial charge in [-0.1, -0.05) is 18.2 Å². The van der Waals surface area contributed by atoms with Gasteiger partial charge in [-0.3, -0.25) is 4.79 Å². The van der Waals surface area contributed by atoms with Gasteiger partial charge in [0.05, 0.1) is 11.1 Å². The Balaban J connectivity index is 1.90. The van der Waals surface area contributed by atoms with Crippen LogP contribution >= 0.6 is 0 Å². The first kappa shape index (κ1) is 15.7. The minimum atomic E-state index is -1.51. The minimum Gasteiger partial charge on any atom is -0.504 e. The van der Waals surface area contributed by atoms with E-state index in [9.17, 15) is 24.9 Å². The summed E-state index contributed by atoms with van der Waals surface area (Å²) in [7, 11) is 0. The zero-order valence-corrected chi connectivity index (χ0v) is 13.7. The number of ether oxygens (including phenoxy) is 2. The van der Waals surface area contributed by atoms with E-state index in [4.69, 9.17) is 9.47 Å². The highest BCUT2D eigenvalue weighted by molar-refractivity contribution is 6.00. The minimum absolute atomic E-state index is 0.104. The summed E-state index contributed by atoms with van der Waals surface area (Å²) in [4.78, 5) is 24.5. The largest absolute Gasteiger partial charge is 0.504 e. The molecule has 0 saturated heterocycles. The van der Waals surface area contributed by atoms with Crippen molar-refractivity contribution in [3.63, 3.8) is 0 Å². The summed E-state index contributed by atoms with van der Waals surface area (Å²) >= 11 is 0. The van der Waals surface area contributed by atoms with Crippen molar-refractivity contribution in [3.05, 3.63) is 76.6 Å². The number of hydrogen-bond donors (Lipinski definition) is 3. The molecule has 0 aromatic heterocycles. The van der Waals surface area contributed by atoms with Gasteiger partial charge in [0.2, 0.25) is 0 Å². The second kappa shape index (κ2) is 4.99. The van der Waals surface area contributed by atoms with Crippen LogP contribution in [0.15, 0.2) is 59.9 Å². The lowest BCUT2D eigenvalue weighted by Gasteiger charge is -2.39. The molecule has 0 bridgehead atoms. The van der Waals surface area contributed by atoms with Gasteiger partial charge >= 0.3 is 5.97 Å². The van der Waals surface area contributed by atoms with Crippen molar-refractivity contribution in [3.8, 4) is 17.2 Å². The molecule has 2 aromatic rings. The smallest absolute Gasteiger partial charge is 0.340 e. The zero-order valence-electron chi connectivity index (χ0n) is 13.7. The van der Waals surface area contributed by atoms with Crippen LogP contribution in [-0.2, 0) is 15.1 Å². The number of aliphatic hydroxyl groups excluding tert-OH is 1. The van der Waals surface area contributed by atoms with Gasteiger partial charge in [0, 0.05) is 23.3 Å². The fourth-order valence-corrected chi connectivity index (χ4v) is 3.79. The molecular formula is C20H12O7. The highest BCUT2D eigenvalue weighted by Crippen LogP contribution is 2.57. The van der Waals surface area contributed by atoms with Crippen LogP contribution in [0.2, 0.25) is 0 Å². The molecule has 0 saturated carbocycles. The predicted octanol–water partition coefficient (Wildman–Crippen LogP) is 1.66. The van der Waals surface area contributed by atoms with Gasteiger partial charge in [-0.15, -0.1) is 0 Å². The number of esters is 1. The third kappa shape index (κ3) is 1.89. The summed E-state index contributed by atoms with van der Waals surface area (Å²) in [5.74, 6) is -1.77. The van der Waals surface area contributed by atoms with Crippen LogP contribution in [0.1, 0.15) is 21.5 Å². The topological polar surface area (TPSA) is 113 Å². The van der Waals surface area contributed by atoms with Crippen molar-refractivity contribution in [1.29, 1.82) is 0 Å². The van der Waals surface area contributed by atoms with Crippen molar-refractivity contribution in [1.82, 2.24) is 0 Å². The maximum atomic E-state index is 12.6. The lowest BCUT2D eigenvalue weighted by molar-refractivity contribution is -0.120. The molecule has 0 fully saturated rings. The molecule has 7 nitrogen and oxygen atoms in total. The first-order chi connectivity index (χ1) is 12.9. The van der Waals surface area contributed by atoms with E-state index in [0.717, 1.165) is 6.08 Å². The second-order valence-electron chi connectivity index (χ2n) is 6.49. The average Bonchev–Trinajstić information content (AvgIpc) is 2.93. The monoisotopic (exact) mass is 364 g/mol. The van der Waals surface area contributed by atoms with Crippen LogP contribution in [0.4, 0.5) is 0 Å². The predicted molar refractivity (Wildman–Crippen MR) is 90.2 cm³/mol. The van der Waals surface area contributed by atoms with Crippen LogP contribution < -0.4 is 4.74 Å². The number of hydrogen-bond acceptors (Lipinski definition) is 7. The van der Waals surface area contributed by atoms with E-state index in [0.29, 0.717) is 11.1 Å². The Morgan fingerprint density at radius 2 is 1.74 bits per heavy atom. The van der Waals surface area contributed by atoms with Crippen molar-refractivity contribution in [2.75, 3.05) is 0 Å². The van der Waals surface area contributed by atoms with Crippen molar-refractivity contribution < 1.29 is 34.4 Å². The van der Waals surface area contributed by atoms with Gasteiger partial charge in [0.15, 0.2) is 22.9 Å². The first-order valence-electron chi connectivity index (χ1n) is 8.15. The molecule has 2 atom stereocenters. The Kier molecular flexibility index (Phi) is 2.89. The van der Waals surface area contributed by atoms with Gasteiger partial charge in [0.25, 0.3) is 0 Å². The number of ketones is 1. The van der Waals surface area contributed by atoms with Gasteiger partial charge in [-0.2, -0.15) is 0 Å². The number of rotatable bonds is 0. The maximum absolute atomic E-state index is 12.6. The molecule has 3 N–H and O–H groups in total. The Bertz CT molecular complexity index is 1110. The third-order valence-corrected chi connectivity index (χ3v) is 4.98. The number of phenolic OH excluding ortho intramolecular Hbond substituents is 2. The molecular weight excluding hydrogens is 352 g/mol. The van der Waals surface area contributed by atoms with E-state index in [1.54, 1.807) is 24.3 Å². The molecule has 5 rings (SSSR count). The van der Waals surface area contributed by atoms with Gasteiger partial charge < -0.3 is 24.8 Å². The SMILES string of the molecule is O=C1OC2(C3=CC(O)C(=O)C=C3Oc3cc(O)c(O)cc32)c2ccccc21. The van der Waals surface area contributed by atoms with E-state index < -0.39 is 35.0 Å². The van der Waals surface area contributed by atoms with Crippen LogP contribution in [0.3, 0.4) is 0 Å². The highest BCUT2D eigenvalue weighted by atomic mass is 16.6. The first-order valence-corrected chi connectivity index (χ1v) is 8.15. The number of fused-ring (bicyclic) bond motifs is 6. The Labute approximate surface area is 152 Å². The van der Waals surface area contributed by atoms with E-state index in [1.807, 2.05) is 0 Å². The summed E-state index contributed by atoms with van der Waals surface area (Å²) in [5.41, 5.74) is -0.139. The van der Waals surface area contributed by atoms with Crippen molar-refractivity contribution in [2.45, 2.75) is 11.7 Å². The van der Waals surface area contributed by atoms with Gasteiger partial charge in [-0.25, -0.2) is 4.79 Å². The number of phenols is 2. The standard InChI is InChI=1S/C20H12O7/c21-13-5-11-17(7-15(13)23)26-18-8-16(24)14(22)6-12(18)20(11)10-4-2-1-3-9(10)19(25)27-20/h1-8,13,21-22,24H. The molecule has 1 aliphatic carbocycles. The number of carbonyl (C=O) groups is 2. The molecule has 7 heteroatoms. The molecule has 0 radical (unpaired) electrons. The Morgan fingerprint density at radius 3 is 2.56 bits per heavy atom. The second-order valence-corrected chi connectivity index (χ2v) is 6.49. The molecule has 2 unspecified atom stereocenters. The quantitative estimate of drug-likeness (QED) is 0.481. The summed E-state index contributed by atoms with van der Waals surface area (Å²) in [5, 5.41) is 30.0. The lowest BCUT2D eigenvalue weighted by Crippen LogP contribution is -2.39. The van der Waals surface area contributed by atoms with E-state index in [2.05, 4.69) is 0 Å². The molecule has 0 amide bonds. The van der Waals surface area contributed by atoms with Crippen LogP contribution in [0, 0.1) is 0 Å². The normalized spacial score (nSPS) is 25.0. The molecule has 3 aliphatic rings. The third-order valence-electron chi connectivity index (χ3n) is 4.98. The van der Waals surface area contributed by atoms with E-state index >= 15 is 0 Å². The fraction of sp³-hybridized carbons (Fsp3) is 0.100. The maximum Gasteiger partial charge on any atom is 0.340 e. The van der Waals surface area contributed by atoms with Gasteiger partial charge in [0.1, 0.15) is 17.6 Å². The molecule has 1 spiro atoms. The van der Waals surface area contributed by atoms with E-state index in [1.165, 1.54) is 18.2 Å². The number of aliphatic hydroxyl groups is 1. The van der Waals surface area contributed by atoms with Crippen LogP contribution in [0.5, 0.6) is 17.2 Å². The lowest BCUT2D eigenvalue weighted by atomic mass is 9.74. The van der Waals surface area contributed by atoms with E-state index in [-0.39, 0.29) is 22.6 Å². The van der Waals surface area contributed by atoms with Crippen LogP contribution in [0.25, 0.3) is 0 Å². The van der Waals surface area contributed by atoms with Crippen LogP contribution in [-0.4, -0.2) is 33.2 Å². The zero-order chi connectivity index (χ0) is 18.9. The average molecular weight is 364 g/mol. The summed E-state index contributed by atoms with van der Waals surface area (Å²) < 4.78 is 11.5. The number of benzene rings is 2. The van der Waals surface area contributed by atoms with Gasteiger partial charge in [-0.05, 0) is 18.2 Å². The Hall–Kier alpha value is -3.58. The molecule has 27 heavy (non-hydrogen) atoms.